The van der Waals surface area contributed by atoms with E-state index in [4.69, 9.17) is 14.2 Å². The van der Waals surface area contributed by atoms with Crippen LogP contribution in [-0.2, 0) is 35.9 Å². The normalized spacial score (nSPS) is 13.9. The summed E-state index contributed by atoms with van der Waals surface area (Å²) in [7, 11) is 4.63. The molecule has 37 heavy (non-hydrogen) atoms. The van der Waals surface area contributed by atoms with E-state index in [-0.39, 0.29) is 5.56 Å². The van der Waals surface area contributed by atoms with Crippen molar-refractivity contribution < 1.29 is 27.8 Å². The highest BCUT2D eigenvalue weighted by Crippen LogP contribution is 2.34. The fourth-order valence-corrected chi connectivity index (χ4v) is 4.84. The molecule has 0 N–H and O–H groups in total. The van der Waals surface area contributed by atoms with Crippen LogP contribution >= 0.6 is 0 Å². The van der Waals surface area contributed by atoms with Crippen LogP contribution in [0.25, 0.3) is 10.8 Å². The van der Waals surface area contributed by atoms with Gasteiger partial charge in [-0.3, -0.25) is 9.80 Å². The van der Waals surface area contributed by atoms with E-state index in [1.165, 1.54) is 23.9 Å². The van der Waals surface area contributed by atoms with Crippen LogP contribution in [0, 0.1) is 0 Å². The van der Waals surface area contributed by atoms with E-state index in [9.17, 15) is 18.4 Å². The van der Waals surface area contributed by atoms with Crippen molar-refractivity contribution in [2.45, 2.75) is 39.2 Å². The predicted octanol–water partition coefficient (Wildman–Crippen LogP) is 2.85. The van der Waals surface area contributed by atoms with Gasteiger partial charge in [0.2, 0.25) is 0 Å². The molecule has 0 aliphatic carbocycles. The number of rotatable bonds is 6. The van der Waals surface area contributed by atoms with Crippen LogP contribution in [-0.4, -0.2) is 55.4 Å². The number of hydrazine groups is 1. The molecule has 2 aromatic carbocycles. The van der Waals surface area contributed by atoms with E-state index < -0.39 is 23.0 Å². The van der Waals surface area contributed by atoms with Crippen LogP contribution in [0.5, 0.6) is 11.5 Å². The van der Waals surface area contributed by atoms with Crippen molar-refractivity contribution in [3.63, 3.8) is 0 Å². The van der Waals surface area contributed by atoms with Gasteiger partial charge in [0.05, 0.1) is 42.3 Å². The second-order valence-electron chi connectivity index (χ2n) is 9.61. The summed E-state index contributed by atoms with van der Waals surface area (Å²) in [6.45, 7) is 5.31. The molecule has 0 saturated carbocycles. The van der Waals surface area contributed by atoms with Crippen molar-refractivity contribution in [2.75, 3.05) is 25.8 Å². The van der Waals surface area contributed by atoms with E-state index in [0.717, 1.165) is 11.1 Å². The molecule has 1 unspecified atom stereocenters. The van der Waals surface area contributed by atoms with Gasteiger partial charge >= 0.3 is 6.09 Å². The number of ether oxygens (including phenoxy) is 3. The average Bonchev–Trinajstić information content (AvgIpc) is 3.22. The molecule has 3 aromatic rings. The first-order valence-corrected chi connectivity index (χ1v) is 12.6. The molecule has 0 radical (unpaired) electrons. The van der Waals surface area contributed by atoms with Crippen LogP contribution in [0.1, 0.15) is 37.6 Å². The molecule has 1 aromatic heterocycles. The molecular formula is C25H29N4O7S-. The molecule has 1 amide bonds. The number of amides is 1. The maximum atomic E-state index is 12.8. The number of nitrogens with zero attached hydrogens (tertiary/aromatic N) is 4. The first-order chi connectivity index (χ1) is 17.4. The Morgan fingerprint density at radius 2 is 1.78 bits per heavy atom. The maximum Gasteiger partial charge on any atom is 0.441 e. The number of carbonyl (C=O) groups is 1. The zero-order valence-corrected chi connectivity index (χ0v) is 22.4. The minimum absolute atomic E-state index is 0.253. The summed E-state index contributed by atoms with van der Waals surface area (Å²) in [6, 6.07) is 8.97. The largest absolute Gasteiger partial charge is 0.754 e. The maximum absolute atomic E-state index is 12.8. The van der Waals surface area contributed by atoms with Crippen molar-refractivity contribution in [2.24, 2.45) is 7.05 Å². The van der Waals surface area contributed by atoms with E-state index in [1.54, 1.807) is 46.0 Å². The monoisotopic (exact) mass is 529 g/mol. The van der Waals surface area contributed by atoms with Gasteiger partial charge in [-0.15, -0.1) is 4.41 Å². The van der Waals surface area contributed by atoms with Gasteiger partial charge in [-0.2, -0.15) is 5.10 Å². The van der Waals surface area contributed by atoms with Crippen molar-refractivity contribution >= 4 is 33.8 Å². The van der Waals surface area contributed by atoms with Crippen LogP contribution in [0.2, 0.25) is 0 Å². The zero-order chi connectivity index (χ0) is 27.1. The summed E-state index contributed by atoms with van der Waals surface area (Å²) >= 11 is -2.86. The number of hydrogen-bond donors (Lipinski definition) is 0. The number of fused-ring (bicyclic) bond motifs is 2. The molecule has 4 rings (SSSR count). The SMILES string of the molecule is COc1cc2c(Cc3ccc4c(c3)CCN4N(C(=O)OC(C)(C)C)S(=O)[O-])nn(C)c(=O)c2cc1OC. The second-order valence-corrected chi connectivity index (χ2v) is 10.4. The number of anilines is 1. The number of carbonyl (C=O) groups excluding carboxylic acids is 1. The summed E-state index contributed by atoms with van der Waals surface area (Å²) in [5.74, 6) is 0.941. The van der Waals surface area contributed by atoms with Gasteiger partial charge in [0.1, 0.15) is 5.60 Å². The Kier molecular flexibility index (Phi) is 7.16. The highest BCUT2D eigenvalue weighted by Gasteiger charge is 2.32. The lowest BCUT2D eigenvalue weighted by atomic mass is 10.0. The van der Waals surface area contributed by atoms with Crippen LogP contribution in [0.15, 0.2) is 35.1 Å². The van der Waals surface area contributed by atoms with E-state index in [2.05, 4.69) is 5.10 Å². The number of hydrogen-bond acceptors (Lipinski definition) is 9. The summed E-state index contributed by atoms with van der Waals surface area (Å²) in [6.07, 6.45) is -0.0222. The van der Waals surface area contributed by atoms with Crippen molar-refractivity contribution in [3.8, 4) is 11.5 Å². The van der Waals surface area contributed by atoms with E-state index in [1.807, 2.05) is 12.1 Å². The first-order valence-electron chi connectivity index (χ1n) is 11.6. The van der Waals surface area contributed by atoms with Gasteiger partial charge in [0.15, 0.2) is 11.5 Å². The molecule has 1 aliphatic heterocycles. The van der Waals surface area contributed by atoms with Crippen LogP contribution in [0.3, 0.4) is 0 Å². The van der Waals surface area contributed by atoms with Crippen molar-refractivity contribution in [1.29, 1.82) is 0 Å². The second kappa shape index (κ2) is 10.0. The lowest BCUT2D eigenvalue weighted by Gasteiger charge is -2.35. The number of aryl methyl sites for hydroxylation is 1. The summed E-state index contributed by atoms with van der Waals surface area (Å²) < 4.78 is 41.9. The topological polar surface area (TPSA) is 126 Å². The highest BCUT2D eigenvalue weighted by atomic mass is 32.2. The highest BCUT2D eigenvalue weighted by molar-refractivity contribution is 7.77. The molecule has 0 saturated heterocycles. The van der Waals surface area contributed by atoms with Crippen LogP contribution in [0.4, 0.5) is 10.5 Å². The smallest absolute Gasteiger partial charge is 0.441 e. The van der Waals surface area contributed by atoms with Gasteiger partial charge in [0, 0.05) is 25.4 Å². The number of benzene rings is 2. The van der Waals surface area contributed by atoms with Gasteiger partial charge in [-0.1, -0.05) is 12.1 Å². The summed E-state index contributed by atoms with van der Waals surface area (Å²) in [4.78, 5) is 25.4. The predicted molar refractivity (Wildman–Crippen MR) is 137 cm³/mol. The molecule has 11 nitrogen and oxygen atoms in total. The number of aromatic nitrogens is 2. The van der Waals surface area contributed by atoms with Gasteiger partial charge in [-0.25, -0.2) is 13.7 Å². The Hall–Kier alpha value is -3.64. The lowest BCUT2D eigenvalue weighted by Crippen LogP contribution is -2.48. The van der Waals surface area contributed by atoms with Gasteiger partial charge in [-0.05, 0) is 56.5 Å². The minimum Gasteiger partial charge on any atom is -0.754 e. The average molecular weight is 530 g/mol. The number of methoxy groups -OCH3 is 2. The van der Waals surface area contributed by atoms with Crippen LogP contribution < -0.4 is 20.0 Å². The zero-order valence-electron chi connectivity index (χ0n) is 21.6. The standard InChI is InChI=1S/C25H30N4O7S/c1-25(2,3)36-24(31)29(37(32)33)28-10-9-16-11-15(7-8-20(16)28)12-19-17-13-21(34-5)22(35-6)14-18(17)23(30)27(4)26-19/h7-8,11,13-14H,9-10,12H2,1-6H3,(H,32,33)/p-1. The molecule has 2 heterocycles. The third-order valence-electron chi connectivity index (χ3n) is 5.93. The van der Waals surface area contributed by atoms with Gasteiger partial charge in [0.25, 0.3) is 5.56 Å². The molecule has 12 heteroatoms. The third-order valence-corrected chi connectivity index (χ3v) is 6.55. The van der Waals surface area contributed by atoms with Crippen molar-refractivity contribution in [3.05, 3.63) is 57.5 Å². The Balaban J connectivity index is 1.69. The molecule has 198 valence electrons. The molecule has 1 aliphatic rings. The Morgan fingerprint density at radius 1 is 1.14 bits per heavy atom. The quantitative estimate of drug-likeness (QED) is 0.443. The third kappa shape index (κ3) is 5.25. The lowest BCUT2D eigenvalue weighted by molar-refractivity contribution is 0.0375. The minimum atomic E-state index is -2.86. The fraction of sp³-hybridized carbons (Fsp3) is 0.400. The summed E-state index contributed by atoms with van der Waals surface area (Å²) in [5, 5.41) is 7.00. The van der Waals surface area contributed by atoms with Gasteiger partial charge < -0.3 is 18.8 Å². The summed E-state index contributed by atoms with van der Waals surface area (Å²) in [5.41, 5.74) is 1.96. The van der Waals surface area contributed by atoms with E-state index >= 15 is 0 Å². The molecule has 0 fully saturated rings. The van der Waals surface area contributed by atoms with E-state index in [0.29, 0.717) is 57.5 Å². The first kappa shape index (κ1) is 26.4. The Bertz CT molecular complexity index is 1450. The van der Waals surface area contributed by atoms with Crippen molar-refractivity contribution in [1.82, 2.24) is 14.2 Å². The Morgan fingerprint density at radius 3 is 2.38 bits per heavy atom. The fourth-order valence-electron chi connectivity index (χ4n) is 4.35. The molecule has 0 bridgehead atoms. The molecular weight excluding hydrogens is 500 g/mol. The molecule has 1 atom stereocenters. The molecule has 0 spiro atoms. The Labute approximate surface area is 216 Å².